The molecule has 2 aliphatic heterocycles. The molecule has 0 N–H and O–H groups in total. The minimum atomic E-state index is -3.73. The summed E-state index contributed by atoms with van der Waals surface area (Å²) in [5, 5.41) is -0.913. The van der Waals surface area contributed by atoms with Gasteiger partial charge in [-0.25, -0.2) is 21.8 Å². The summed E-state index contributed by atoms with van der Waals surface area (Å²) >= 11 is 0. The Bertz CT molecular complexity index is 1120. The molecule has 30 heavy (non-hydrogen) atoms. The van der Waals surface area contributed by atoms with Crippen LogP contribution in [0.3, 0.4) is 0 Å². The van der Waals surface area contributed by atoms with Gasteiger partial charge < -0.3 is 9.80 Å². The summed E-state index contributed by atoms with van der Waals surface area (Å²) in [7, 11) is -7.03. The average molecular weight is 450 g/mol. The Balaban J connectivity index is 1.41. The standard InChI is InChI=1S/C20H23N3O5S2/c24-20(23-12-10-22(11-13-23)19-3-1-2-9-21-19)16-4-6-17(7-5-16)30(27,28)18-8-14-29(25,26)15-18/h1-7,9,18H,8,10-15H2/t18-/m0/s1. The maximum Gasteiger partial charge on any atom is 0.253 e. The molecule has 1 aromatic carbocycles. The molecule has 2 fully saturated rings. The number of rotatable bonds is 4. The first-order chi connectivity index (χ1) is 14.3. The van der Waals surface area contributed by atoms with Crippen molar-refractivity contribution in [2.24, 2.45) is 0 Å². The average Bonchev–Trinajstić information content (AvgIpc) is 3.14. The molecule has 4 rings (SSSR count). The third-order valence-electron chi connectivity index (χ3n) is 5.60. The Morgan fingerprint density at radius 3 is 2.27 bits per heavy atom. The molecule has 8 nitrogen and oxygen atoms in total. The second kappa shape index (κ2) is 7.99. The molecule has 0 radical (unpaired) electrons. The summed E-state index contributed by atoms with van der Waals surface area (Å²) in [6.07, 6.45) is 1.86. The van der Waals surface area contributed by atoms with Gasteiger partial charge in [-0.15, -0.1) is 0 Å². The lowest BCUT2D eigenvalue weighted by atomic mass is 10.2. The minimum absolute atomic E-state index is 0.0566. The van der Waals surface area contributed by atoms with Crippen LogP contribution in [0.1, 0.15) is 16.8 Å². The van der Waals surface area contributed by atoms with E-state index in [2.05, 4.69) is 9.88 Å². The SMILES string of the molecule is O=C(c1ccc(S(=O)(=O)[C@H]2CCS(=O)(=O)C2)cc1)N1CCN(c2ccccn2)CC1. The van der Waals surface area contributed by atoms with E-state index < -0.39 is 24.9 Å². The van der Waals surface area contributed by atoms with E-state index in [1.807, 2.05) is 18.2 Å². The summed E-state index contributed by atoms with van der Waals surface area (Å²) in [4.78, 5) is 21.1. The van der Waals surface area contributed by atoms with E-state index in [1.165, 1.54) is 24.3 Å². The zero-order valence-electron chi connectivity index (χ0n) is 16.3. The van der Waals surface area contributed by atoms with Crippen LogP contribution in [-0.4, -0.2) is 75.6 Å². The molecule has 0 bridgehead atoms. The fourth-order valence-electron chi connectivity index (χ4n) is 3.85. The molecule has 2 aromatic rings. The van der Waals surface area contributed by atoms with E-state index in [4.69, 9.17) is 0 Å². The second-order valence-corrected chi connectivity index (χ2v) is 12.0. The Kier molecular flexibility index (Phi) is 5.54. The molecule has 1 atom stereocenters. The van der Waals surface area contributed by atoms with Gasteiger partial charge in [-0.3, -0.25) is 4.79 Å². The number of amides is 1. The number of pyridine rings is 1. The molecule has 1 amide bonds. The van der Waals surface area contributed by atoms with Crippen LogP contribution in [0.4, 0.5) is 5.82 Å². The summed E-state index contributed by atoms with van der Waals surface area (Å²) in [6.45, 7) is 2.45. The smallest absolute Gasteiger partial charge is 0.253 e. The second-order valence-electron chi connectivity index (χ2n) is 7.56. The number of nitrogens with zero attached hydrogens (tertiary/aromatic N) is 3. The summed E-state index contributed by atoms with van der Waals surface area (Å²) in [5.41, 5.74) is 0.416. The summed E-state index contributed by atoms with van der Waals surface area (Å²) in [6, 6.07) is 11.5. The predicted molar refractivity (Wildman–Crippen MR) is 113 cm³/mol. The summed E-state index contributed by atoms with van der Waals surface area (Å²) in [5.74, 6) is 0.297. The van der Waals surface area contributed by atoms with E-state index in [9.17, 15) is 21.6 Å². The Morgan fingerprint density at radius 2 is 1.70 bits per heavy atom. The summed E-state index contributed by atoms with van der Waals surface area (Å²) < 4.78 is 48.7. The van der Waals surface area contributed by atoms with Gasteiger partial charge in [-0.1, -0.05) is 6.07 Å². The number of sulfone groups is 2. The van der Waals surface area contributed by atoms with Crippen molar-refractivity contribution in [1.29, 1.82) is 0 Å². The van der Waals surface area contributed by atoms with Gasteiger partial charge in [0.2, 0.25) is 0 Å². The van der Waals surface area contributed by atoms with Crippen molar-refractivity contribution in [2.45, 2.75) is 16.6 Å². The van der Waals surface area contributed by atoms with Gasteiger partial charge in [-0.05, 0) is 42.8 Å². The normalized spacial score (nSPS) is 21.5. The highest BCUT2D eigenvalue weighted by Gasteiger charge is 2.38. The first-order valence-electron chi connectivity index (χ1n) is 9.76. The molecule has 0 aliphatic carbocycles. The zero-order valence-corrected chi connectivity index (χ0v) is 18.0. The molecule has 0 spiro atoms. The van der Waals surface area contributed by atoms with Crippen LogP contribution in [0, 0.1) is 0 Å². The fourth-order valence-corrected chi connectivity index (χ4v) is 8.21. The van der Waals surface area contributed by atoms with Crippen LogP contribution in [0.5, 0.6) is 0 Å². The monoisotopic (exact) mass is 449 g/mol. The van der Waals surface area contributed by atoms with Gasteiger partial charge in [0, 0.05) is 37.9 Å². The zero-order chi connectivity index (χ0) is 21.4. The lowest BCUT2D eigenvalue weighted by molar-refractivity contribution is 0.0746. The number of piperazine rings is 1. The number of hydrogen-bond acceptors (Lipinski definition) is 7. The van der Waals surface area contributed by atoms with E-state index in [-0.39, 0.29) is 28.7 Å². The van der Waals surface area contributed by atoms with Crippen molar-refractivity contribution in [3.63, 3.8) is 0 Å². The van der Waals surface area contributed by atoms with Crippen LogP contribution in [0.2, 0.25) is 0 Å². The van der Waals surface area contributed by atoms with Crippen LogP contribution in [-0.2, 0) is 19.7 Å². The van der Waals surface area contributed by atoms with Gasteiger partial charge in [0.25, 0.3) is 5.91 Å². The van der Waals surface area contributed by atoms with Crippen molar-refractivity contribution in [2.75, 3.05) is 42.6 Å². The largest absolute Gasteiger partial charge is 0.353 e. The van der Waals surface area contributed by atoms with Crippen LogP contribution in [0.25, 0.3) is 0 Å². The van der Waals surface area contributed by atoms with E-state index in [0.717, 1.165) is 5.82 Å². The van der Waals surface area contributed by atoms with Gasteiger partial charge >= 0.3 is 0 Å². The molecular formula is C20H23N3O5S2. The quantitative estimate of drug-likeness (QED) is 0.686. The third-order valence-corrected chi connectivity index (χ3v) is 9.79. The number of benzene rings is 1. The Morgan fingerprint density at radius 1 is 1.00 bits per heavy atom. The molecule has 0 saturated carbocycles. The fraction of sp³-hybridized carbons (Fsp3) is 0.400. The van der Waals surface area contributed by atoms with Crippen molar-refractivity contribution >= 4 is 31.4 Å². The Labute approximate surface area is 176 Å². The number of anilines is 1. The highest BCUT2D eigenvalue weighted by atomic mass is 32.2. The van der Waals surface area contributed by atoms with Gasteiger partial charge in [-0.2, -0.15) is 0 Å². The maximum absolute atomic E-state index is 12.8. The molecule has 0 unspecified atom stereocenters. The number of carbonyl (C=O) groups is 1. The minimum Gasteiger partial charge on any atom is -0.353 e. The first-order valence-corrected chi connectivity index (χ1v) is 13.1. The Hall–Kier alpha value is -2.46. The maximum atomic E-state index is 12.8. The molecule has 160 valence electrons. The van der Waals surface area contributed by atoms with Crippen molar-refractivity contribution in [3.8, 4) is 0 Å². The highest BCUT2D eigenvalue weighted by molar-refractivity contribution is 7.96. The molecular weight excluding hydrogens is 426 g/mol. The first kappa shape index (κ1) is 20.8. The van der Waals surface area contributed by atoms with Gasteiger partial charge in [0.05, 0.1) is 21.7 Å². The number of hydrogen-bond donors (Lipinski definition) is 0. The molecule has 3 heterocycles. The molecule has 10 heteroatoms. The lowest BCUT2D eigenvalue weighted by Gasteiger charge is -2.35. The van der Waals surface area contributed by atoms with Crippen LogP contribution < -0.4 is 4.90 Å². The molecule has 2 aliphatic rings. The van der Waals surface area contributed by atoms with Crippen molar-refractivity contribution < 1.29 is 21.6 Å². The predicted octanol–water partition coefficient (Wildman–Crippen LogP) is 1.00. The van der Waals surface area contributed by atoms with Gasteiger partial charge in [0.1, 0.15) is 5.82 Å². The van der Waals surface area contributed by atoms with Crippen molar-refractivity contribution in [1.82, 2.24) is 9.88 Å². The molecule has 2 saturated heterocycles. The molecule has 1 aromatic heterocycles. The third kappa shape index (κ3) is 4.20. The van der Waals surface area contributed by atoms with Crippen molar-refractivity contribution in [3.05, 3.63) is 54.2 Å². The van der Waals surface area contributed by atoms with E-state index in [0.29, 0.717) is 31.7 Å². The van der Waals surface area contributed by atoms with E-state index in [1.54, 1.807) is 11.1 Å². The van der Waals surface area contributed by atoms with Crippen LogP contribution in [0.15, 0.2) is 53.6 Å². The number of aromatic nitrogens is 1. The highest BCUT2D eigenvalue weighted by Crippen LogP contribution is 2.26. The lowest BCUT2D eigenvalue weighted by Crippen LogP contribution is -2.49. The topological polar surface area (TPSA) is 105 Å². The van der Waals surface area contributed by atoms with E-state index >= 15 is 0 Å². The van der Waals surface area contributed by atoms with Crippen LogP contribution >= 0.6 is 0 Å². The van der Waals surface area contributed by atoms with Gasteiger partial charge in [0.15, 0.2) is 19.7 Å². The number of carbonyl (C=O) groups excluding carboxylic acids is 1.